The normalized spacial score (nSPS) is 12.8. The first kappa shape index (κ1) is 13.6. The van der Waals surface area contributed by atoms with Gasteiger partial charge in [0.1, 0.15) is 5.75 Å². The monoisotopic (exact) mass is 282 g/mol. The lowest BCUT2D eigenvalue weighted by Crippen LogP contribution is -2.28. The third-order valence-electron chi connectivity index (χ3n) is 3.50. The summed E-state index contributed by atoms with van der Waals surface area (Å²) in [7, 11) is 0. The number of para-hydroxylation sites is 1. The molecule has 0 saturated carbocycles. The van der Waals surface area contributed by atoms with Gasteiger partial charge in [0.15, 0.2) is 6.61 Å². The molecule has 0 unspecified atom stereocenters. The average molecular weight is 282 g/mol. The summed E-state index contributed by atoms with van der Waals surface area (Å²) in [6.45, 7) is 2.42. The van der Waals surface area contributed by atoms with E-state index in [4.69, 9.17) is 4.74 Å². The Morgan fingerprint density at radius 3 is 2.76 bits per heavy atom. The number of hydrogen-bond donors (Lipinski definition) is 2. The molecule has 0 atom stereocenters. The van der Waals surface area contributed by atoms with Gasteiger partial charge in [0.05, 0.1) is 0 Å². The van der Waals surface area contributed by atoms with Crippen molar-refractivity contribution < 1.29 is 9.53 Å². The van der Waals surface area contributed by atoms with Crippen LogP contribution in [0.15, 0.2) is 48.5 Å². The van der Waals surface area contributed by atoms with E-state index in [1.807, 2.05) is 30.3 Å². The maximum atomic E-state index is 11.8. The lowest BCUT2D eigenvalue weighted by atomic mass is 10.1. The first-order valence-corrected chi connectivity index (χ1v) is 7.07. The van der Waals surface area contributed by atoms with Gasteiger partial charge >= 0.3 is 0 Å². The first-order chi connectivity index (χ1) is 10.3. The van der Waals surface area contributed by atoms with Crippen molar-refractivity contribution in [1.29, 1.82) is 0 Å². The molecule has 4 heteroatoms. The van der Waals surface area contributed by atoms with Gasteiger partial charge in [-0.05, 0) is 28.8 Å². The van der Waals surface area contributed by atoms with Gasteiger partial charge in [-0.1, -0.05) is 36.4 Å². The van der Waals surface area contributed by atoms with Crippen molar-refractivity contribution in [1.82, 2.24) is 10.6 Å². The van der Waals surface area contributed by atoms with E-state index in [0.717, 1.165) is 18.7 Å². The molecule has 108 valence electrons. The smallest absolute Gasteiger partial charge is 0.258 e. The van der Waals surface area contributed by atoms with Crippen LogP contribution >= 0.6 is 0 Å². The Morgan fingerprint density at radius 2 is 1.90 bits per heavy atom. The maximum Gasteiger partial charge on any atom is 0.258 e. The van der Waals surface area contributed by atoms with Gasteiger partial charge in [0.25, 0.3) is 5.91 Å². The van der Waals surface area contributed by atoms with Crippen molar-refractivity contribution in [3.05, 3.63) is 65.2 Å². The third-order valence-corrected chi connectivity index (χ3v) is 3.50. The highest BCUT2D eigenvalue weighted by Crippen LogP contribution is 2.16. The van der Waals surface area contributed by atoms with Crippen molar-refractivity contribution in [2.45, 2.75) is 19.6 Å². The first-order valence-electron chi connectivity index (χ1n) is 7.07. The summed E-state index contributed by atoms with van der Waals surface area (Å²) in [5.74, 6) is 0.591. The van der Waals surface area contributed by atoms with Crippen LogP contribution in [-0.2, 0) is 24.4 Å². The summed E-state index contributed by atoms with van der Waals surface area (Å²) in [6, 6.07) is 15.7. The summed E-state index contributed by atoms with van der Waals surface area (Å²) in [6.07, 6.45) is 0. The van der Waals surface area contributed by atoms with Crippen LogP contribution < -0.4 is 15.4 Å². The van der Waals surface area contributed by atoms with Gasteiger partial charge in [-0.2, -0.15) is 0 Å². The van der Waals surface area contributed by atoms with Gasteiger partial charge in [0, 0.05) is 19.6 Å². The fourth-order valence-electron chi connectivity index (χ4n) is 2.38. The molecule has 1 amide bonds. The maximum absolute atomic E-state index is 11.8. The van der Waals surface area contributed by atoms with Crippen LogP contribution in [0.4, 0.5) is 0 Å². The minimum atomic E-state index is -0.113. The predicted octanol–water partition coefficient (Wildman–Crippen LogP) is 1.98. The topological polar surface area (TPSA) is 50.4 Å². The molecular formula is C17H18N2O2. The molecule has 0 fully saturated rings. The van der Waals surface area contributed by atoms with Crippen LogP contribution in [0.25, 0.3) is 0 Å². The second-order valence-corrected chi connectivity index (χ2v) is 5.09. The van der Waals surface area contributed by atoms with E-state index >= 15 is 0 Å². The van der Waals surface area contributed by atoms with E-state index in [1.165, 1.54) is 11.1 Å². The van der Waals surface area contributed by atoms with Crippen LogP contribution in [0.3, 0.4) is 0 Å². The zero-order chi connectivity index (χ0) is 14.5. The van der Waals surface area contributed by atoms with Gasteiger partial charge in [0.2, 0.25) is 0 Å². The number of carbonyl (C=O) groups is 1. The van der Waals surface area contributed by atoms with Crippen molar-refractivity contribution in [3.8, 4) is 5.75 Å². The summed E-state index contributed by atoms with van der Waals surface area (Å²) in [5, 5.41) is 6.19. The molecular weight excluding hydrogens is 264 g/mol. The molecule has 0 aromatic heterocycles. The van der Waals surface area contributed by atoms with Crippen LogP contribution in [-0.4, -0.2) is 12.5 Å². The molecule has 0 bridgehead atoms. The molecule has 0 spiro atoms. The highest BCUT2D eigenvalue weighted by atomic mass is 16.5. The Bertz CT molecular complexity index is 626. The fourth-order valence-corrected chi connectivity index (χ4v) is 2.38. The molecule has 1 aliphatic heterocycles. The van der Waals surface area contributed by atoms with E-state index in [1.54, 1.807) is 0 Å². The average Bonchev–Trinajstić information content (AvgIpc) is 2.99. The van der Waals surface area contributed by atoms with E-state index in [0.29, 0.717) is 12.3 Å². The van der Waals surface area contributed by atoms with E-state index in [9.17, 15) is 4.79 Å². The second kappa shape index (κ2) is 6.41. The highest BCUT2D eigenvalue weighted by Gasteiger charge is 2.10. The molecule has 21 heavy (non-hydrogen) atoms. The number of ether oxygens (including phenoxy) is 1. The summed E-state index contributed by atoms with van der Waals surface area (Å²) >= 11 is 0. The van der Waals surface area contributed by atoms with Gasteiger partial charge in [-0.15, -0.1) is 0 Å². The molecule has 2 N–H and O–H groups in total. The minimum absolute atomic E-state index is 0.0382. The van der Waals surface area contributed by atoms with Crippen molar-refractivity contribution >= 4 is 5.91 Å². The second-order valence-electron chi connectivity index (χ2n) is 5.09. The number of amides is 1. The standard InChI is InChI=1S/C17H18N2O2/c20-17(12-21-16-4-2-1-3-5-16)19-9-13-6-7-14-10-18-11-15(14)8-13/h1-8,18H,9-12H2,(H,19,20). The Hall–Kier alpha value is -2.33. The quantitative estimate of drug-likeness (QED) is 0.881. The van der Waals surface area contributed by atoms with Gasteiger partial charge in [-0.3, -0.25) is 4.79 Å². The van der Waals surface area contributed by atoms with Crippen LogP contribution in [0.5, 0.6) is 5.75 Å². The van der Waals surface area contributed by atoms with Crippen molar-refractivity contribution in [2.75, 3.05) is 6.61 Å². The van der Waals surface area contributed by atoms with Crippen LogP contribution in [0.2, 0.25) is 0 Å². The predicted molar refractivity (Wildman–Crippen MR) is 80.8 cm³/mol. The highest BCUT2D eigenvalue weighted by molar-refractivity contribution is 5.77. The SMILES string of the molecule is O=C(COc1ccccc1)NCc1ccc2c(c1)CNC2. The molecule has 2 aromatic carbocycles. The summed E-state index contributed by atoms with van der Waals surface area (Å²) in [5.41, 5.74) is 3.78. The molecule has 0 saturated heterocycles. The number of hydrogen-bond acceptors (Lipinski definition) is 3. The molecule has 3 rings (SSSR count). The molecule has 0 radical (unpaired) electrons. The van der Waals surface area contributed by atoms with Gasteiger partial charge in [-0.25, -0.2) is 0 Å². The zero-order valence-electron chi connectivity index (χ0n) is 11.8. The Balaban J connectivity index is 1.47. The van der Waals surface area contributed by atoms with E-state index < -0.39 is 0 Å². The van der Waals surface area contributed by atoms with E-state index in [-0.39, 0.29) is 12.5 Å². The molecule has 2 aromatic rings. The molecule has 4 nitrogen and oxygen atoms in total. The van der Waals surface area contributed by atoms with Crippen LogP contribution in [0.1, 0.15) is 16.7 Å². The lowest BCUT2D eigenvalue weighted by molar-refractivity contribution is -0.123. The Morgan fingerprint density at radius 1 is 1.10 bits per heavy atom. The number of nitrogens with one attached hydrogen (secondary N) is 2. The molecule has 1 heterocycles. The third kappa shape index (κ3) is 3.61. The number of rotatable bonds is 5. The molecule has 1 aliphatic rings. The lowest BCUT2D eigenvalue weighted by Gasteiger charge is -2.08. The number of fused-ring (bicyclic) bond motifs is 1. The number of carbonyl (C=O) groups excluding carboxylic acids is 1. The number of benzene rings is 2. The minimum Gasteiger partial charge on any atom is -0.484 e. The Labute approximate surface area is 124 Å². The largest absolute Gasteiger partial charge is 0.484 e. The summed E-state index contributed by atoms with van der Waals surface area (Å²) in [4.78, 5) is 11.8. The fraction of sp³-hybridized carbons (Fsp3) is 0.235. The Kier molecular flexibility index (Phi) is 4.17. The van der Waals surface area contributed by atoms with Gasteiger partial charge < -0.3 is 15.4 Å². The van der Waals surface area contributed by atoms with Crippen LogP contribution in [0, 0.1) is 0 Å². The summed E-state index contributed by atoms with van der Waals surface area (Å²) < 4.78 is 5.41. The van der Waals surface area contributed by atoms with Crippen molar-refractivity contribution in [3.63, 3.8) is 0 Å². The van der Waals surface area contributed by atoms with Crippen molar-refractivity contribution in [2.24, 2.45) is 0 Å². The zero-order valence-corrected chi connectivity index (χ0v) is 11.8. The molecule has 0 aliphatic carbocycles. The van der Waals surface area contributed by atoms with E-state index in [2.05, 4.69) is 28.8 Å².